The predicted molar refractivity (Wildman–Crippen MR) is 96.3 cm³/mol. The van der Waals surface area contributed by atoms with Crippen LogP contribution in [0.3, 0.4) is 0 Å². The van der Waals surface area contributed by atoms with Crippen molar-refractivity contribution in [3.63, 3.8) is 0 Å². The van der Waals surface area contributed by atoms with Gasteiger partial charge in [0.15, 0.2) is 0 Å². The SMILES string of the molecule is COc1ccccc1C(c1ccc(C)cc1)c1ccc(C)cc1. The van der Waals surface area contributed by atoms with Crippen LogP contribution in [0.4, 0.5) is 0 Å². The Morgan fingerprint density at radius 1 is 0.652 bits per heavy atom. The molecule has 0 saturated carbocycles. The van der Waals surface area contributed by atoms with E-state index in [1.807, 2.05) is 12.1 Å². The number of hydrogen-bond acceptors (Lipinski definition) is 1. The van der Waals surface area contributed by atoms with Gasteiger partial charge in [-0.2, -0.15) is 0 Å². The van der Waals surface area contributed by atoms with Crippen LogP contribution in [-0.4, -0.2) is 7.11 Å². The van der Waals surface area contributed by atoms with Gasteiger partial charge >= 0.3 is 0 Å². The van der Waals surface area contributed by atoms with Gasteiger partial charge in [-0.1, -0.05) is 77.9 Å². The third-order valence-corrected chi connectivity index (χ3v) is 4.27. The summed E-state index contributed by atoms with van der Waals surface area (Å²) < 4.78 is 5.62. The zero-order chi connectivity index (χ0) is 16.2. The monoisotopic (exact) mass is 302 g/mol. The topological polar surface area (TPSA) is 9.23 Å². The highest BCUT2D eigenvalue weighted by Gasteiger charge is 2.20. The first kappa shape index (κ1) is 15.4. The highest BCUT2D eigenvalue weighted by molar-refractivity contribution is 5.49. The van der Waals surface area contributed by atoms with Crippen LogP contribution in [-0.2, 0) is 0 Å². The van der Waals surface area contributed by atoms with Gasteiger partial charge in [-0.25, -0.2) is 0 Å². The van der Waals surface area contributed by atoms with E-state index in [9.17, 15) is 0 Å². The lowest BCUT2D eigenvalue weighted by molar-refractivity contribution is 0.409. The van der Waals surface area contributed by atoms with Gasteiger partial charge in [-0.05, 0) is 31.0 Å². The molecular formula is C22H22O. The Kier molecular flexibility index (Phi) is 4.47. The zero-order valence-corrected chi connectivity index (χ0v) is 13.9. The molecule has 0 fully saturated rings. The van der Waals surface area contributed by atoms with Crippen LogP contribution < -0.4 is 4.74 Å². The summed E-state index contributed by atoms with van der Waals surface area (Å²) in [5.41, 5.74) is 6.31. The van der Waals surface area contributed by atoms with E-state index in [4.69, 9.17) is 4.74 Å². The lowest BCUT2D eigenvalue weighted by atomic mass is 9.84. The van der Waals surface area contributed by atoms with Crippen molar-refractivity contribution in [2.75, 3.05) is 7.11 Å². The summed E-state index contributed by atoms with van der Waals surface area (Å²) in [4.78, 5) is 0. The van der Waals surface area contributed by atoms with E-state index in [-0.39, 0.29) is 5.92 Å². The summed E-state index contributed by atoms with van der Waals surface area (Å²) in [6.07, 6.45) is 0. The van der Waals surface area contributed by atoms with Gasteiger partial charge < -0.3 is 4.74 Å². The summed E-state index contributed by atoms with van der Waals surface area (Å²) in [5, 5.41) is 0. The second kappa shape index (κ2) is 6.70. The van der Waals surface area contributed by atoms with Gasteiger partial charge in [0.1, 0.15) is 5.75 Å². The number of methoxy groups -OCH3 is 1. The van der Waals surface area contributed by atoms with Gasteiger partial charge in [0.2, 0.25) is 0 Å². The molecular weight excluding hydrogens is 280 g/mol. The fraction of sp³-hybridized carbons (Fsp3) is 0.182. The highest BCUT2D eigenvalue weighted by Crippen LogP contribution is 2.37. The highest BCUT2D eigenvalue weighted by atomic mass is 16.5. The van der Waals surface area contributed by atoms with Gasteiger partial charge in [-0.15, -0.1) is 0 Å². The molecule has 0 aliphatic carbocycles. The van der Waals surface area contributed by atoms with E-state index in [0.29, 0.717) is 0 Å². The maximum absolute atomic E-state index is 5.62. The Balaban J connectivity index is 2.17. The number of hydrogen-bond donors (Lipinski definition) is 0. The molecule has 3 aromatic carbocycles. The molecule has 0 aromatic heterocycles. The lowest BCUT2D eigenvalue weighted by Gasteiger charge is -2.21. The van der Waals surface area contributed by atoms with Crippen molar-refractivity contribution in [2.45, 2.75) is 19.8 Å². The third kappa shape index (κ3) is 3.29. The molecule has 0 spiro atoms. The molecule has 3 aromatic rings. The van der Waals surface area contributed by atoms with Crippen LogP contribution >= 0.6 is 0 Å². The van der Waals surface area contributed by atoms with Crippen molar-refractivity contribution in [3.05, 3.63) is 101 Å². The molecule has 0 atom stereocenters. The summed E-state index contributed by atoms with van der Waals surface area (Å²) in [7, 11) is 1.74. The normalized spacial score (nSPS) is 10.8. The number of benzene rings is 3. The van der Waals surface area contributed by atoms with E-state index in [0.717, 1.165) is 5.75 Å². The minimum atomic E-state index is 0.173. The molecule has 0 heterocycles. The predicted octanol–water partition coefficient (Wildman–Crippen LogP) is 5.49. The molecule has 0 unspecified atom stereocenters. The van der Waals surface area contributed by atoms with Crippen LogP contribution in [0.25, 0.3) is 0 Å². The van der Waals surface area contributed by atoms with E-state index >= 15 is 0 Å². The van der Waals surface area contributed by atoms with Crippen molar-refractivity contribution in [2.24, 2.45) is 0 Å². The molecule has 0 aliphatic rings. The molecule has 23 heavy (non-hydrogen) atoms. The molecule has 1 heteroatoms. The van der Waals surface area contributed by atoms with Crippen molar-refractivity contribution in [1.82, 2.24) is 0 Å². The average Bonchev–Trinajstić information content (AvgIpc) is 2.59. The fourth-order valence-corrected chi connectivity index (χ4v) is 2.97. The summed E-state index contributed by atoms with van der Waals surface area (Å²) in [6.45, 7) is 4.24. The number of para-hydroxylation sites is 1. The molecule has 0 aliphatic heterocycles. The van der Waals surface area contributed by atoms with Crippen molar-refractivity contribution >= 4 is 0 Å². The van der Waals surface area contributed by atoms with Crippen LogP contribution in [0.15, 0.2) is 72.8 Å². The average molecular weight is 302 g/mol. The smallest absolute Gasteiger partial charge is 0.123 e. The largest absolute Gasteiger partial charge is 0.496 e. The van der Waals surface area contributed by atoms with Crippen LogP contribution in [0, 0.1) is 13.8 Å². The Labute approximate surface area is 138 Å². The fourth-order valence-electron chi connectivity index (χ4n) is 2.97. The molecule has 3 rings (SSSR count). The Morgan fingerprint density at radius 2 is 1.13 bits per heavy atom. The first-order valence-electron chi connectivity index (χ1n) is 7.95. The molecule has 0 amide bonds. The molecule has 0 bridgehead atoms. The van der Waals surface area contributed by atoms with E-state index < -0.39 is 0 Å². The van der Waals surface area contributed by atoms with Gasteiger partial charge in [0, 0.05) is 11.5 Å². The standard InChI is InChI=1S/C22H22O/c1-16-8-12-18(13-9-16)22(19-14-10-17(2)11-15-19)20-6-4-5-7-21(20)23-3/h4-15,22H,1-3H3. The maximum Gasteiger partial charge on any atom is 0.123 e. The summed E-state index contributed by atoms with van der Waals surface area (Å²) in [6, 6.07) is 25.8. The number of aryl methyl sites for hydroxylation is 2. The Morgan fingerprint density at radius 3 is 1.61 bits per heavy atom. The number of ether oxygens (including phenoxy) is 1. The lowest BCUT2D eigenvalue weighted by Crippen LogP contribution is -2.05. The van der Waals surface area contributed by atoms with Crippen molar-refractivity contribution in [3.8, 4) is 5.75 Å². The molecule has 0 saturated heterocycles. The van der Waals surface area contributed by atoms with Crippen LogP contribution in [0.1, 0.15) is 33.7 Å². The van der Waals surface area contributed by atoms with Crippen molar-refractivity contribution < 1.29 is 4.74 Å². The Bertz CT molecular complexity index is 724. The second-order valence-corrected chi connectivity index (χ2v) is 6.00. The summed E-state index contributed by atoms with van der Waals surface area (Å²) in [5.74, 6) is 1.10. The van der Waals surface area contributed by atoms with Gasteiger partial charge in [0.25, 0.3) is 0 Å². The second-order valence-electron chi connectivity index (χ2n) is 6.00. The number of rotatable bonds is 4. The molecule has 116 valence electrons. The maximum atomic E-state index is 5.62. The summed E-state index contributed by atoms with van der Waals surface area (Å²) >= 11 is 0. The minimum absolute atomic E-state index is 0.173. The minimum Gasteiger partial charge on any atom is -0.496 e. The van der Waals surface area contributed by atoms with Gasteiger partial charge in [0.05, 0.1) is 7.11 Å². The Hall–Kier alpha value is -2.54. The van der Waals surface area contributed by atoms with E-state index in [1.54, 1.807) is 7.11 Å². The quantitative estimate of drug-likeness (QED) is 0.579. The van der Waals surface area contributed by atoms with E-state index in [2.05, 4.69) is 74.5 Å². The first-order valence-corrected chi connectivity index (χ1v) is 7.95. The van der Waals surface area contributed by atoms with Gasteiger partial charge in [-0.3, -0.25) is 0 Å². The van der Waals surface area contributed by atoms with Crippen LogP contribution in [0.5, 0.6) is 5.75 Å². The third-order valence-electron chi connectivity index (χ3n) is 4.27. The van der Waals surface area contributed by atoms with E-state index in [1.165, 1.54) is 27.8 Å². The van der Waals surface area contributed by atoms with Crippen LogP contribution in [0.2, 0.25) is 0 Å². The molecule has 1 nitrogen and oxygen atoms in total. The molecule has 0 radical (unpaired) electrons. The zero-order valence-electron chi connectivity index (χ0n) is 13.9. The first-order chi connectivity index (χ1) is 11.2. The molecule has 0 N–H and O–H groups in total. The van der Waals surface area contributed by atoms with Crippen molar-refractivity contribution in [1.29, 1.82) is 0 Å².